The lowest BCUT2D eigenvalue weighted by Gasteiger charge is -2.10. The van der Waals surface area contributed by atoms with E-state index in [0.29, 0.717) is 11.3 Å². The molecule has 130 valence electrons. The molecule has 0 aromatic heterocycles. The molecule has 0 saturated heterocycles. The van der Waals surface area contributed by atoms with E-state index in [4.69, 9.17) is 0 Å². The van der Waals surface area contributed by atoms with Crippen LogP contribution in [0.2, 0.25) is 0 Å². The normalized spacial score (nSPS) is 11.3. The van der Waals surface area contributed by atoms with Crippen LogP contribution in [0.25, 0.3) is 0 Å². The Balaban J connectivity index is 2.03. The van der Waals surface area contributed by atoms with Gasteiger partial charge in [0.05, 0.1) is 4.90 Å². The Morgan fingerprint density at radius 3 is 2.29 bits per heavy atom. The summed E-state index contributed by atoms with van der Waals surface area (Å²) in [6.07, 6.45) is 3.46. The van der Waals surface area contributed by atoms with Crippen molar-refractivity contribution >= 4 is 21.4 Å². The van der Waals surface area contributed by atoms with Crippen molar-refractivity contribution in [2.75, 3.05) is 16.6 Å². The van der Waals surface area contributed by atoms with E-state index in [2.05, 4.69) is 17.0 Å². The number of nitrogens with one attached hydrogen (secondary N) is 2. The van der Waals surface area contributed by atoms with E-state index in [1.165, 1.54) is 31.9 Å². The average Bonchev–Trinajstić information content (AvgIpc) is 2.55. The lowest BCUT2D eigenvalue weighted by Crippen LogP contribution is -2.13. The van der Waals surface area contributed by atoms with Crippen LogP contribution >= 0.6 is 0 Å². The molecule has 2 aromatic rings. The van der Waals surface area contributed by atoms with Crippen molar-refractivity contribution in [1.82, 2.24) is 0 Å². The van der Waals surface area contributed by atoms with Gasteiger partial charge in [-0.2, -0.15) is 0 Å². The van der Waals surface area contributed by atoms with Crippen LogP contribution < -0.4 is 10.0 Å². The molecule has 0 radical (unpaired) electrons. The molecule has 0 spiro atoms. The summed E-state index contributed by atoms with van der Waals surface area (Å²) < 4.78 is 40.5. The molecular weight excluding hydrogens is 327 g/mol. The molecule has 0 aliphatic heterocycles. The van der Waals surface area contributed by atoms with E-state index >= 15 is 0 Å². The van der Waals surface area contributed by atoms with E-state index in [0.717, 1.165) is 24.7 Å². The monoisotopic (exact) mass is 350 g/mol. The van der Waals surface area contributed by atoms with Gasteiger partial charge >= 0.3 is 0 Å². The molecule has 0 saturated carbocycles. The first-order valence-electron chi connectivity index (χ1n) is 8.05. The van der Waals surface area contributed by atoms with Crippen LogP contribution in [-0.4, -0.2) is 15.0 Å². The van der Waals surface area contributed by atoms with Crippen LogP contribution in [0.15, 0.2) is 47.4 Å². The standard InChI is InChI=1S/C18H23FN2O2S/c1-3-4-5-12-20-15-6-8-16(9-7-15)21-24(22,23)17-10-11-18(19)14(2)13-17/h6-11,13,20-21H,3-5,12H2,1-2H3. The van der Waals surface area contributed by atoms with Crippen LogP contribution in [0.3, 0.4) is 0 Å². The Bertz CT molecular complexity index is 774. The average molecular weight is 350 g/mol. The Hall–Kier alpha value is -2.08. The first kappa shape index (κ1) is 18.3. The van der Waals surface area contributed by atoms with Gasteiger partial charge in [-0.1, -0.05) is 19.8 Å². The molecule has 2 aromatic carbocycles. The van der Waals surface area contributed by atoms with Crippen LogP contribution in [0.4, 0.5) is 15.8 Å². The molecule has 0 heterocycles. The first-order chi connectivity index (χ1) is 11.4. The van der Waals surface area contributed by atoms with Gasteiger partial charge in [0.1, 0.15) is 5.82 Å². The predicted octanol–water partition coefficient (Wildman–Crippen LogP) is 4.54. The van der Waals surface area contributed by atoms with Gasteiger partial charge in [0, 0.05) is 17.9 Å². The number of sulfonamides is 1. The Morgan fingerprint density at radius 2 is 1.67 bits per heavy atom. The smallest absolute Gasteiger partial charge is 0.261 e. The topological polar surface area (TPSA) is 58.2 Å². The third-order valence-electron chi connectivity index (χ3n) is 3.69. The summed E-state index contributed by atoms with van der Waals surface area (Å²) in [6, 6.07) is 10.8. The maximum atomic E-state index is 13.3. The van der Waals surface area contributed by atoms with Gasteiger partial charge in [0.2, 0.25) is 0 Å². The summed E-state index contributed by atoms with van der Waals surface area (Å²) >= 11 is 0. The predicted molar refractivity (Wildman–Crippen MR) is 96.4 cm³/mol. The van der Waals surface area contributed by atoms with Crippen molar-refractivity contribution in [2.24, 2.45) is 0 Å². The largest absolute Gasteiger partial charge is 0.385 e. The highest BCUT2D eigenvalue weighted by molar-refractivity contribution is 7.92. The lowest BCUT2D eigenvalue weighted by molar-refractivity contribution is 0.598. The highest BCUT2D eigenvalue weighted by atomic mass is 32.2. The van der Waals surface area contributed by atoms with Gasteiger partial charge in [0.25, 0.3) is 10.0 Å². The summed E-state index contributed by atoms with van der Waals surface area (Å²) in [7, 11) is -3.73. The maximum absolute atomic E-state index is 13.3. The van der Waals surface area contributed by atoms with Crippen molar-refractivity contribution in [2.45, 2.75) is 38.0 Å². The number of anilines is 2. The highest BCUT2D eigenvalue weighted by Gasteiger charge is 2.15. The second kappa shape index (κ2) is 8.15. The zero-order valence-corrected chi connectivity index (χ0v) is 14.8. The van der Waals surface area contributed by atoms with Crippen LogP contribution in [0, 0.1) is 12.7 Å². The number of halogens is 1. The van der Waals surface area contributed by atoms with Crippen LogP contribution in [-0.2, 0) is 10.0 Å². The first-order valence-corrected chi connectivity index (χ1v) is 9.53. The van der Waals surface area contributed by atoms with E-state index in [1.54, 1.807) is 12.1 Å². The third kappa shape index (κ3) is 4.96. The van der Waals surface area contributed by atoms with E-state index in [-0.39, 0.29) is 4.90 Å². The van der Waals surface area contributed by atoms with Crippen molar-refractivity contribution in [1.29, 1.82) is 0 Å². The summed E-state index contributed by atoms with van der Waals surface area (Å²) in [5.74, 6) is -0.424. The number of unbranched alkanes of at least 4 members (excludes halogenated alkanes) is 2. The lowest BCUT2D eigenvalue weighted by atomic mass is 10.2. The fourth-order valence-corrected chi connectivity index (χ4v) is 3.41. The van der Waals surface area contributed by atoms with Crippen molar-refractivity contribution in [3.63, 3.8) is 0 Å². The van der Waals surface area contributed by atoms with Gasteiger partial charge in [-0.3, -0.25) is 4.72 Å². The molecule has 2 N–H and O–H groups in total. The Kier molecular flexibility index (Phi) is 6.20. The zero-order valence-electron chi connectivity index (χ0n) is 14.0. The maximum Gasteiger partial charge on any atom is 0.261 e. The van der Waals surface area contributed by atoms with E-state index in [1.807, 2.05) is 12.1 Å². The number of aryl methyl sites for hydroxylation is 1. The van der Waals surface area contributed by atoms with Gasteiger partial charge in [0.15, 0.2) is 0 Å². The molecule has 0 fully saturated rings. The Labute approximate surface area is 143 Å². The quantitative estimate of drug-likeness (QED) is 0.687. The fourth-order valence-electron chi connectivity index (χ4n) is 2.26. The Morgan fingerprint density at radius 1 is 1.00 bits per heavy atom. The summed E-state index contributed by atoms with van der Waals surface area (Å²) in [5, 5.41) is 3.30. The van der Waals surface area contributed by atoms with Gasteiger partial charge in [-0.05, 0) is 61.4 Å². The number of benzene rings is 2. The molecule has 0 aliphatic carbocycles. The molecule has 2 rings (SSSR count). The minimum absolute atomic E-state index is 0.0446. The number of hydrogen-bond acceptors (Lipinski definition) is 3. The van der Waals surface area contributed by atoms with Crippen LogP contribution in [0.1, 0.15) is 31.7 Å². The molecule has 0 amide bonds. The number of hydrogen-bond donors (Lipinski definition) is 2. The summed E-state index contributed by atoms with van der Waals surface area (Å²) in [6.45, 7) is 4.59. The molecule has 0 atom stereocenters. The molecule has 0 unspecified atom stereocenters. The van der Waals surface area contributed by atoms with Gasteiger partial charge in [-0.25, -0.2) is 12.8 Å². The molecule has 24 heavy (non-hydrogen) atoms. The van der Waals surface area contributed by atoms with Gasteiger partial charge < -0.3 is 5.32 Å². The minimum Gasteiger partial charge on any atom is -0.385 e. The molecule has 0 bridgehead atoms. The van der Waals surface area contributed by atoms with Crippen molar-refractivity contribution in [3.05, 3.63) is 53.8 Å². The van der Waals surface area contributed by atoms with Crippen LogP contribution in [0.5, 0.6) is 0 Å². The van der Waals surface area contributed by atoms with Crippen molar-refractivity contribution < 1.29 is 12.8 Å². The van der Waals surface area contributed by atoms with E-state index in [9.17, 15) is 12.8 Å². The minimum atomic E-state index is -3.73. The fraction of sp³-hybridized carbons (Fsp3) is 0.333. The summed E-state index contributed by atoms with van der Waals surface area (Å²) in [5.41, 5.74) is 1.72. The molecular formula is C18H23FN2O2S. The molecule has 6 heteroatoms. The molecule has 4 nitrogen and oxygen atoms in total. The third-order valence-corrected chi connectivity index (χ3v) is 5.07. The second-order valence-corrected chi connectivity index (χ2v) is 7.41. The molecule has 0 aliphatic rings. The number of rotatable bonds is 8. The van der Waals surface area contributed by atoms with E-state index < -0.39 is 15.8 Å². The SMILES string of the molecule is CCCCCNc1ccc(NS(=O)(=O)c2ccc(F)c(C)c2)cc1. The second-order valence-electron chi connectivity index (χ2n) is 5.73. The van der Waals surface area contributed by atoms with Crippen molar-refractivity contribution in [3.8, 4) is 0 Å². The van der Waals surface area contributed by atoms with Gasteiger partial charge in [-0.15, -0.1) is 0 Å². The summed E-state index contributed by atoms with van der Waals surface area (Å²) in [4.78, 5) is 0.0446. The zero-order chi connectivity index (χ0) is 17.6. The highest BCUT2D eigenvalue weighted by Crippen LogP contribution is 2.20.